The number of carbonyl (C=O) groups is 1. The molecule has 2 aliphatic heterocycles. The number of benzene rings is 1. The Hall–Kier alpha value is -3.07. The number of carbonyl (C=O) groups excluding carboxylic acids is 1. The van der Waals surface area contributed by atoms with Gasteiger partial charge in [-0.3, -0.25) is 4.79 Å². The van der Waals surface area contributed by atoms with Gasteiger partial charge in [0.05, 0.1) is 17.1 Å². The van der Waals surface area contributed by atoms with Crippen LogP contribution in [0.5, 0.6) is 5.75 Å². The number of amides is 1. The van der Waals surface area contributed by atoms with Crippen LogP contribution in [-0.2, 0) is 0 Å². The third-order valence-electron chi connectivity index (χ3n) is 8.12. The van der Waals surface area contributed by atoms with Gasteiger partial charge in [-0.05, 0) is 74.9 Å². The quantitative estimate of drug-likeness (QED) is 0.441. The van der Waals surface area contributed by atoms with Crippen molar-refractivity contribution in [3.05, 3.63) is 54.4 Å². The van der Waals surface area contributed by atoms with E-state index in [0.717, 1.165) is 42.7 Å². The van der Waals surface area contributed by atoms with Gasteiger partial charge in [-0.1, -0.05) is 0 Å². The standard InChI is InChI=1S/C28H31F3N4O2/c29-28(30,31)27(10-11-27)19-33-14-8-22(9-15-33)37-23-4-6-25(32-18-23)35-16-7-20-17-21(3-5-24(20)35)26(36)34-12-1-2-13-34/h3-7,16-18,22H,1-2,8-15,19H2. The van der Waals surface area contributed by atoms with Gasteiger partial charge in [-0.25, -0.2) is 4.98 Å². The van der Waals surface area contributed by atoms with E-state index in [1.165, 1.54) is 0 Å². The molecular weight excluding hydrogens is 481 g/mol. The third-order valence-corrected chi connectivity index (χ3v) is 8.12. The largest absolute Gasteiger partial charge is 0.489 e. The summed E-state index contributed by atoms with van der Waals surface area (Å²) in [5, 5.41) is 0.984. The Morgan fingerprint density at radius 1 is 1.03 bits per heavy atom. The molecule has 0 N–H and O–H groups in total. The summed E-state index contributed by atoms with van der Waals surface area (Å²) in [6.45, 7) is 3.00. The number of aromatic nitrogens is 2. The number of hydrogen-bond acceptors (Lipinski definition) is 4. The molecule has 3 aromatic rings. The van der Waals surface area contributed by atoms with E-state index in [0.29, 0.717) is 37.2 Å². The maximum Gasteiger partial charge on any atom is 0.395 e. The maximum absolute atomic E-state index is 13.3. The lowest BCUT2D eigenvalue weighted by molar-refractivity contribution is -0.192. The van der Waals surface area contributed by atoms with Gasteiger partial charge in [-0.15, -0.1) is 0 Å². The SMILES string of the molecule is O=C(c1ccc2c(ccn2-c2ccc(OC3CCN(CC4(C(F)(F)F)CC4)CC3)cn2)c1)N1CCCC1. The topological polar surface area (TPSA) is 50.6 Å². The number of ether oxygens (including phenoxy) is 1. The van der Waals surface area contributed by atoms with Gasteiger partial charge >= 0.3 is 6.18 Å². The maximum atomic E-state index is 13.3. The van der Waals surface area contributed by atoms with Crippen LogP contribution in [0.4, 0.5) is 13.2 Å². The van der Waals surface area contributed by atoms with Crippen LogP contribution >= 0.6 is 0 Å². The Morgan fingerprint density at radius 3 is 2.43 bits per heavy atom. The molecule has 0 radical (unpaired) electrons. The van der Waals surface area contributed by atoms with Crippen LogP contribution in [0.3, 0.4) is 0 Å². The second-order valence-electron chi connectivity index (χ2n) is 10.7. The first kappa shape index (κ1) is 24.3. The van der Waals surface area contributed by atoms with Crippen LogP contribution in [0.1, 0.15) is 48.9 Å². The van der Waals surface area contributed by atoms with E-state index in [-0.39, 0.29) is 31.4 Å². The molecule has 196 valence electrons. The number of pyridine rings is 1. The zero-order valence-corrected chi connectivity index (χ0v) is 20.7. The van der Waals surface area contributed by atoms with Crippen molar-refractivity contribution >= 4 is 16.8 Å². The average molecular weight is 513 g/mol. The molecule has 0 atom stereocenters. The highest BCUT2D eigenvalue weighted by atomic mass is 19.4. The van der Waals surface area contributed by atoms with Gasteiger partial charge in [-0.2, -0.15) is 13.2 Å². The van der Waals surface area contributed by atoms with E-state index in [4.69, 9.17) is 4.74 Å². The minimum atomic E-state index is -4.11. The van der Waals surface area contributed by atoms with Crippen LogP contribution < -0.4 is 4.74 Å². The van der Waals surface area contributed by atoms with E-state index in [1.807, 2.05) is 57.0 Å². The zero-order valence-electron chi connectivity index (χ0n) is 20.7. The Balaban J connectivity index is 1.07. The fourth-order valence-corrected chi connectivity index (χ4v) is 5.65. The van der Waals surface area contributed by atoms with E-state index in [2.05, 4.69) is 4.98 Å². The third kappa shape index (κ3) is 4.81. The Labute approximate surface area is 214 Å². The molecule has 37 heavy (non-hydrogen) atoms. The number of piperidine rings is 1. The first-order chi connectivity index (χ1) is 17.8. The van der Waals surface area contributed by atoms with Gasteiger partial charge in [0.25, 0.3) is 5.91 Å². The lowest BCUT2D eigenvalue weighted by Gasteiger charge is -2.35. The van der Waals surface area contributed by atoms with E-state index in [9.17, 15) is 18.0 Å². The minimum Gasteiger partial charge on any atom is -0.489 e. The molecule has 0 unspecified atom stereocenters. The van der Waals surface area contributed by atoms with Crippen LogP contribution in [0.2, 0.25) is 0 Å². The molecule has 1 saturated carbocycles. The number of likely N-dealkylation sites (tertiary alicyclic amines) is 2. The van der Waals surface area contributed by atoms with Gasteiger partial charge in [0.2, 0.25) is 0 Å². The molecular formula is C28H31F3N4O2. The van der Waals surface area contributed by atoms with Crippen molar-refractivity contribution in [2.75, 3.05) is 32.7 Å². The molecule has 1 aliphatic carbocycles. The number of halogens is 3. The summed E-state index contributed by atoms with van der Waals surface area (Å²) >= 11 is 0. The van der Waals surface area contributed by atoms with Crippen LogP contribution in [0, 0.1) is 5.41 Å². The number of alkyl halides is 3. The van der Waals surface area contributed by atoms with Gasteiger partial charge in [0.15, 0.2) is 0 Å². The molecule has 1 amide bonds. The highest BCUT2D eigenvalue weighted by Gasteiger charge is 2.63. The number of fused-ring (bicyclic) bond motifs is 1. The predicted octanol–water partition coefficient (Wildman–Crippen LogP) is 5.45. The molecule has 3 fully saturated rings. The number of rotatable bonds is 6. The van der Waals surface area contributed by atoms with Crippen molar-refractivity contribution in [2.24, 2.45) is 5.41 Å². The highest BCUT2D eigenvalue weighted by molar-refractivity contribution is 5.98. The number of nitrogens with zero attached hydrogens (tertiary/aromatic N) is 4. The van der Waals surface area contributed by atoms with Crippen molar-refractivity contribution in [3.8, 4) is 11.6 Å². The summed E-state index contributed by atoms with van der Waals surface area (Å²) in [7, 11) is 0. The molecule has 0 spiro atoms. The second-order valence-corrected chi connectivity index (χ2v) is 10.7. The molecule has 2 aromatic heterocycles. The van der Waals surface area contributed by atoms with Gasteiger partial charge < -0.3 is 19.1 Å². The highest BCUT2D eigenvalue weighted by Crippen LogP contribution is 2.58. The summed E-state index contributed by atoms with van der Waals surface area (Å²) < 4.78 is 47.9. The molecule has 1 aromatic carbocycles. The molecule has 3 aliphatic rings. The summed E-state index contributed by atoms with van der Waals surface area (Å²) in [6.07, 6.45) is 3.55. The van der Waals surface area contributed by atoms with Gasteiger partial charge in [0.1, 0.15) is 17.7 Å². The van der Waals surface area contributed by atoms with Crippen molar-refractivity contribution in [1.29, 1.82) is 0 Å². The lowest BCUT2D eigenvalue weighted by atomic mass is 10.0. The van der Waals surface area contributed by atoms with E-state index >= 15 is 0 Å². The molecule has 9 heteroatoms. The molecule has 0 bridgehead atoms. The summed E-state index contributed by atoms with van der Waals surface area (Å²) in [4.78, 5) is 21.2. The molecule has 2 saturated heterocycles. The van der Waals surface area contributed by atoms with E-state index in [1.54, 1.807) is 6.20 Å². The molecule has 4 heterocycles. The summed E-state index contributed by atoms with van der Waals surface area (Å²) in [5.41, 5.74) is 0.202. The van der Waals surface area contributed by atoms with Crippen molar-refractivity contribution in [2.45, 2.75) is 50.8 Å². The minimum absolute atomic E-state index is 0.0242. The lowest BCUT2D eigenvalue weighted by Crippen LogP contribution is -2.44. The smallest absolute Gasteiger partial charge is 0.395 e. The fraction of sp³-hybridized carbons (Fsp3) is 0.500. The predicted molar refractivity (Wildman–Crippen MR) is 134 cm³/mol. The zero-order chi connectivity index (χ0) is 25.6. The Kier molecular flexibility index (Phi) is 6.13. The van der Waals surface area contributed by atoms with Crippen LogP contribution in [-0.4, -0.2) is 70.3 Å². The van der Waals surface area contributed by atoms with Gasteiger partial charge in [0, 0.05) is 49.9 Å². The van der Waals surface area contributed by atoms with Crippen LogP contribution in [0.15, 0.2) is 48.8 Å². The van der Waals surface area contributed by atoms with Crippen molar-refractivity contribution in [1.82, 2.24) is 19.4 Å². The average Bonchev–Trinajstić information content (AvgIpc) is 3.30. The first-order valence-electron chi connectivity index (χ1n) is 13.1. The molecule has 6 rings (SSSR count). The fourth-order valence-electron chi connectivity index (χ4n) is 5.65. The monoisotopic (exact) mass is 512 g/mol. The first-order valence-corrected chi connectivity index (χ1v) is 13.1. The van der Waals surface area contributed by atoms with Crippen molar-refractivity contribution < 1.29 is 22.7 Å². The normalized spacial score (nSPS) is 20.5. The van der Waals surface area contributed by atoms with Crippen LogP contribution in [0.25, 0.3) is 16.7 Å². The summed E-state index contributed by atoms with van der Waals surface area (Å²) in [6, 6.07) is 11.5. The Bertz CT molecular complexity index is 1270. The Morgan fingerprint density at radius 2 is 1.78 bits per heavy atom. The molecule has 6 nitrogen and oxygen atoms in total. The van der Waals surface area contributed by atoms with Crippen molar-refractivity contribution in [3.63, 3.8) is 0 Å². The summed E-state index contributed by atoms with van der Waals surface area (Å²) in [5.74, 6) is 1.49. The van der Waals surface area contributed by atoms with E-state index < -0.39 is 11.6 Å². The second kappa shape index (κ2) is 9.35. The number of hydrogen-bond donors (Lipinski definition) is 0.